The summed E-state index contributed by atoms with van der Waals surface area (Å²) >= 11 is 0. The van der Waals surface area contributed by atoms with Crippen LogP contribution in [0.3, 0.4) is 0 Å². The fourth-order valence-electron chi connectivity index (χ4n) is 1.22. The molecule has 1 aromatic carbocycles. The summed E-state index contributed by atoms with van der Waals surface area (Å²) in [5.74, 6) is -1.99. The molecular weight excluding hydrogens is 253 g/mol. The lowest BCUT2D eigenvalue weighted by Gasteiger charge is -2.05. The second-order valence-corrected chi connectivity index (χ2v) is 3.43. The molecule has 0 aliphatic heterocycles. The van der Waals surface area contributed by atoms with Crippen LogP contribution < -0.4 is 5.73 Å². The molecule has 0 bridgehead atoms. The van der Waals surface area contributed by atoms with Crippen molar-refractivity contribution in [2.24, 2.45) is 4.99 Å². The number of aliphatic imine (C=N–C) groups is 1. The van der Waals surface area contributed by atoms with E-state index in [1.165, 1.54) is 19.2 Å². The molecule has 0 aromatic heterocycles. The van der Waals surface area contributed by atoms with E-state index in [-0.39, 0.29) is 29.6 Å². The van der Waals surface area contributed by atoms with Crippen molar-refractivity contribution in [3.63, 3.8) is 0 Å². The summed E-state index contributed by atoms with van der Waals surface area (Å²) < 4.78 is 22.4. The molecule has 0 heterocycles. The molecule has 102 valence electrons. The Hall–Kier alpha value is -2.44. The number of nitrogens with zero attached hydrogens (tertiary/aromatic N) is 1. The summed E-state index contributed by atoms with van der Waals surface area (Å²) in [5, 5.41) is 7.70. The van der Waals surface area contributed by atoms with Crippen molar-refractivity contribution < 1.29 is 18.7 Å². The third kappa shape index (κ3) is 3.77. The third-order valence-corrected chi connectivity index (χ3v) is 2.13. The highest BCUT2D eigenvalue weighted by molar-refractivity contribution is 6.35. The van der Waals surface area contributed by atoms with E-state index in [0.717, 1.165) is 6.07 Å². The summed E-state index contributed by atoms with van der Waals surface area (Å²) in [6.07, 6.45) is 0. The van der Waals surface area contributed by atoms with Gasteiger partial charge < -0.3 is 15.2 Å². The molecule has 0 aliphatic rings. The standard InChI is InChI=1S/C12H14FN3O3/c1-3-19-12(17)11(18-2)16-10(15)7-4-5-8(13)9(14)6-7/h4-6,15H,3,14H2,1-2H3. The summed E-state index contributed by atoms with van der Waals surface area (Å²) in [4.78, 5) is 15.1. The van der Waals surface area contributed by atoms with Gasteiger partial charge in [-0.1, -0.05) is 0 Å². The zero-order chi connectivity index (χ0) is 14.4. The number of rotatable bonds is 2. The fourth-order valence-corrected chi connectivity index (χ4v) is 1.22. The lowest BCUT2D eigenvalue weighted by molar-refractivity contribution is -0.136. The van der Waals surface area contributed by atoms with Crippen molar-refractivity contribution in [1.82, 2.24) is 0 Å². The average molecular weight is 267 g/mol. The van der Waals surface area contributed by atoms with Gasteiger partial charge in [0.05, 0.1) is 19.4 Å². The molecule has 0 unspecified atom stereocenters. The number of benzene rings is 1. The highest BCUT2D eigenvalue weighted by Crippen LogP contribution is 2.13. The normalized spacial score (nSPS) is 11.0. The Labute approximate surface area is 109 Å². The first-order valence-electron chi connectivity index (χ1n) is 5.43. The maximum atomic E-state index is 13.0. The van der Waals surface area contributed by atoms with Crippen LogP contribution in [-0.4, -0.2) is 31.4 Å². The average Bonchev–Trinajstić information content (AvgIpc) is 2.39. The molecule has 0 saturated heterocycles. The molecule has 1 rings (SSSR count). The lowest BCUT2D eigenvalue weighted by Crippen LogP contribution is -2.21. The van der Waals surface area contributed by atoms with Gasteiger partial charge in [-0.3, -0.25) is 5.41 Å². The first-order valence-corrected chi connectivity index (χ1v) is 5.43. The first-order chi connectivity index (χ1) is 8.99. The number of amidine groups is 1. The molecule has 0 atom stereocenters. The molecule has 19 heavy (non-hydrogen) atoms. The number of anilines is 1. The van der Waals surface area contributed by atoms with Crippen LogP contribution >= 0.6 is 0 Å². The van der Waals surface area contributed by atoms with Crippen molar-refractivity contribution >= 4 is 23.4 Å². The van der Waals surface area contributed by atoms with Gasteiger partial charge in [-0.15, -0.1) is 0 Å². The van der Waals surface area contributed by atoms with Crippen molar-refractivity contribution in [2.45, 2.75) is 6.92 Å². The molecule has 0 fully saturated rings. The molecule has 3 N–H and O–H groups in total. The Balaban J connectivity index is 2.98. The van der Waals surface area contributed by atoms with E-state index in [9.17, 15) is 9.18 Å². The molecule has 0 radical (unpaired) electrons. The Morgan fingerprint density at radius 2 is 2.21 bits per heavy atom. The van der Waals surface area contributed by atoms with Crippen molar-refractivity contribution in [3.8, 4) is 0 Å². The van der Waals surface area contributed by atoms with Gasteiger partial charge in [0.2, 0.25) is 0 Å². The molecule has 0 spiro atoms. The predicted molar refractivity (Wildman–Crippen MR) is 68.7 cm³/mol. The minimum absolute atomic E-state index is 0.104. The molecule has 7 heteroatoms. The maximum Gasteiger partial charge on any atom is 0.394 e. The van der Waals surface area contributed by atoms with E-state index in [2.05, 4.69) is 4.99 Å². The second kappa shape index (κ2) is 6.48. The van der Waals surface area contributed by atoms with E-state index in [1.807, 2.05) is 0 Å². The topological polar surface area (TPSA) is 97.8 Å². The number of hydrogen-bond acceptors (Lipinski definition) is 5. The number of halogens is 1. The van der Waals surface area contributed by atoms with Crippen LogP contribution in [0, 0.1) is 11.2 Å². The number of nitrogens with one attached hydrogen (secondary N) is 1. The summed E-state index contributed by atoms with van der Waals surface area (Å²) in [5.41, 5.74) is 5.54. The van der Waals surface area contributed by atoms with Crippen LogP contribution in [0.25, 0.3) is 0 Å². The van der Waals surface area contributed by atoms with Crippen LogP contribution in [0.2, 0.25) is 0 Å². The monoisotopic (exact) mass is 267 g/mol. The second-order valence-electron chi connectivity index (χ2n) is 3.43. The predicted octanol–water partition coefficient (Wildman–Crippen LogP) is 1.34. The smallest absolute Gasteiger partial charge is 0.394 e. The molecule has 0 saturated carbocycles. The van der Waals surface area contributed by atoms with Crippen LogP contribution in [-0.2, 0) is 14.3 Å². The van der Waals surface area contributed by atoms with E-state index in [0.29, 0.717) is 0 Å². The van der Waals surface area contributed by atoms with Gasteiger partial charge in [-0.25, -0.2) is 9.18 Å². The number of esters is 1. The molecule has 6 nitrogen and oxygen atoms in total. The van der Waals surface area contributed by atoms with Crippen LogP contribution in [0.15, 0.2) is 23.2 Å². The number of ether oxygens (including phenoxy) is 2. The van der Waals surface area contributed by atoms with Crippen LogP contribution in [0.1, 0.15) is 12.5 Å². The molecular formula is C12H14FN3O3. The molecule has 0 amide bonds. The number of methoxy groups -OCH3 is 1. The first kappa shape index (κ1) is 14.6. The third-order valence-electron chi connectivity index (χ3n) is 2.13. The van der Waals surface area contributed by atoms with Crippen molar-refractivity contribution in [1.29, 1.82) is 5.41 Å². The van der Waals surface area contributed by atoms with Gasteiger partial charge in [0, 0.05) is 5.56 Å². The van der Waals surface area contributed by atoms with E-state index in [1.54, 1.807) is 6.92 Å². The summed E-state index contributed by atoms with van der Waals surface area (Å²) in [6.45, 7) is 1.80. The number of hydrogen-bond donors (Lipinski definition) is 2. The summed E-state index contributed by atoms with van der Waals surface area (Å²) in [6, 6.07) is 3.70. The number of nitrogens with two attached hydrogens (primary N) is 1. The van der Waals surface area contributed by atoms with Crippen LogP contribution in [0.5, 0.6) is 0 Å². The number of nitrogen functional groups attached to an aromatic ring is 1. The van der Waals surface area contributed by atoms with Gasteiger partial charge in [0.25, 0.3) is 0 Å². The van der Waals surface area contributed by atoms with Gasteiger partial charge in [-0.05, 0) is 25.1 Å². The van der Waals surface area contributed by atoms with Gasteiger partial charge in [0.1, 0.15) is 5.82 Å². The minimum Gasteiger partial charge on any atom is -0.476 e. The Morgan fingerprint density at radius 1 is 1.53 bits per heavy atom. The Bertz CT molecular complexity index is 529. The maximum absolute atomic E-state index is 13.0. The lowest BCUT2D eigenvalue weighted by atomic mass is 10.2. The van der Waals surface area contributed by atoms with E-state index in [4.69, 9.17) is 20.6 Å². The zero-order valence-corrected chi connectivity index (χ0v) is 10.6. The molecule has 1 aromatic rings. The summed E-state index contributed by atoms with van der Waals surface area (Å²) in [7, 11) is 1.24. The largest absolute Gasteiger partial charge is 0.476 e. The molecule has 0 aliphatic carbocycles. The Morgan fingerprint density at radius 3 is 2.74 bits per heavy atom. The van der Waals surface area contributed by atoms with Gasteiger partial charge >= 0.3 is 11.9 Å². The van der Waals surface area contributed by atoms with Gasteiger partial charge in [0.15, 0.2) is 5.84 Å². The van der Waals surface area contributed by atoms with E-state index < -0.39 is 11.8 Å². The highest BCUT2D eigenvalue weighted by Gasteiger charge is 2.15. The van der Waals surface area contributed by atoms with Gasteiger partial charge in [-0.2, -0.15) is 4.99 Å². The fraction of sp³-hybridized carbons (Fsp3) is 0.250. The highest BCUT2D eigenvalue weighted by atomic mass is 19.1. The quantitative estimate of drug-likeness (QED) is 0.365. The van der Waals surface area contributed by atoms with E-state index >= 15 is 0 Å². The van der Waals surface area contributed by atoms with Crippen LogP contribution in [0.4, 0.5) is 10.1 Å². The number of carbonyl (C=O) groups excluding carboxylic acids is 1. The number of carbonyl (C=O) groups is 1. The zero-order valence-electron chi connectivity index (χ0n) is 10.6. The Kier molecular flexibility index (Phi) is 4.99. The SMILES string of the molecule is CCOC(=O)C(=NC(=N)c1ccc(F)c(N)c1)OC. The van der Waals surface area contributed by atoms with Crippen molar-refractivity contribution in [3.05, 3.63) is 29.6 Å². The minimum atomic E-state index is -0.773. The van der Waals surface area contributed by atoms with Crippen molar-refractivity contribution in [2.75, 3.05) is 19.5 Å².